The number of benzene rings is 1. The van der Waals surface area contributed by atoms with Gasteiger partial charge in [0.2, 0.25) is 5.76 Å². The van der Waals surface area contributed by atoms with E-state index in [2.05, 4.69) is 12.2 Å². The van der Waals surface area contributed by atoms with Crippen LogP contribution < -0.4 is 10.1 Å². The second-order valence-corrected chi connectivity index (χ2v) is 6.93. The summed E-state index contributed by atoms with van der Waals surface area (Å²) in [4.78, 5) is 24.4. The maximum atomic E-state index is 12.3. The molecule has 0 saturated heterocycles. The van der Waals surface area contributed by atoms with E-state index >= 15 is 0 Å². The Labute approximate surface area is 152 Å². The van der Waals surface area contributed by atoms with Crippen molar-refractivity contribution in [3.63, 3.8) is 0 Å². The second-order valence-electron chi connectivity index (χ2n) is 6.93. The normalized spacial score (nSPS) is 20.0. The molecular formula is C20H25NO5. The topological polar surface area (TPSA) is 77.8 Å². The molecule has 6 nitrogen and oxygen atoms in total. The SMILES string of the molecule is COc1ccc2oc(C(=O)OCC(=O)N[C@H]3CCCC[C@H]3C)c(C)c2c1. The zero-order valence-electron chi connectivity index (χ0n) is 15.5. The molecule has 0 spiro atoms. The van der Waals surface area contributed by atoms with Crippen LogP contribution in [0.15, 0.2) is 22.6 Å². The Balaban J connectivity index is 1.62. The monoisotopic (exact) mass is 359 g/mol. The molecule has 1 heterocycles. The Hall–Kier alpha value is -2.50. The number of carbonyl (C=O) groups is 2. The maximum absolute atomic E-state index is 12.3. The van der Waals surface area contributed by atoms with Gasteiger partial charge in [-0.2, -0.15) is 0 Å². The highest BCUT2D eigenvalue weighted by Crippen LogP contribution is 2.29. The number of furan rings is 1. The van der Waals surface area contributed by atoms with Gasteiger partial charge in [-0.05, 0) is 43.9 Å². The van der Waals surface area contributed by atoms with Crippen LogP contribution in [0.4, 0.5) is 0 Å². The van der Waals surface area contributed by atoms with Crippen LogP contribution in [0.5, 0.6) is 5.75 Å². The van der Waals surface area contributed by atoms with Crippen molar-refractivity contribution in [2.75, 3.05) is 13.7 Å². The molecule has 2 aromatic rings. The molecule has 0 aliphatic heterocycles. The summed E-state index contributed by atoms with van der Waals surface area (Å²) >= 11 is 0. The number of ether oxygens (including phenoxy) is 2. The van der Waals surface area contributed by atoms with Gasteiger partial charge in [-0.1, -0.05) is 19.8 Å². The number of nitrogens with one attached hydrogen (secondary N) is 1. The summed E-state index contributed by atoms with van der Waals surface area (Å²) in [6.45, 7) is 3.62. The number of amides is 1. The first kappa shape index (κ1) is 18.3. The fourth-order valence-corrected chi connectivity index (χ4v) is 3.50. The molecule has 0 bridgehead atoms. The van der Waals surface area contributed by atoms with Gasteiger partial charge in [-0.25, -0.2) is 4.79 Å². The van der Waals surface area contributed by atoms with Gasteiger partial charge in [-0.15, -0.1) is 0 Å². The molecule has 1 aromatic carbocycles. The van der Waals surface area contributed by atoms with Crippen LogP contribution in [-0.4, -0.2) is 31.6 Å². The number of esters is 1. The van der Waals surface area contributed by atoms with Crippen LogP contribution >= 0.6 is 0 Å². The smallest absolute Gasteiger partial charge is 0.375 e. The van der Waals surface area contributed by atoms with Crippen LogP contribution in [0.25, 0.3) is 11.0 Å². The highest BCUT2D eigenvalue weighted by Gasteiger charge is 2.24. The maximum Gasteiger partial charge on any atom is 0.375 e. The van der Waals surface area contributed by atoms with Gasteiger partial charge < -0.3 is 19.2 Å². The first-order chi connectivity index (χ1) is 12.5. The largest absolute Gasteiger partial charge is 0.497 e. The van der Waals surface area contributed by atoms with Crippen molar-refractivity contribution in [3.05, 3.63) is 29.5 Å². The Morgan fingerprint density at radius 2 is 2.04 bits per heavy atom. The highest BCUT2D eigenvalue weighted by molar-refractivity contribution is 5.97. The van der Waals surface area contributed by atoms with Gasteiger partial charge in [0.15, 0.2) is 6.61 Å². The Morgan fingerprint density at radius 3 is 2.77 bits per heavy atom. The summed E-state index contributed by atoms with van der Waals surface area (Å²) in [5.74, 6) is 0.349. The van der Waals surface area contributed by atoms with Crippen molar-refractivity contribution in [3.8, 4) is 5.75 Å². The average molecular weight is 359 g/mol. The van der Waals surface area contributed by atoms with Gasteiger partial charge in [-0.3, -0.25) is 4.79 Å². The van der Waals surface area contributed by atoms with Crippen molar-refractivity contribution in [1.82, 2.24) is 5.32 Å². The Kier molecular flexibility index (Phi) is 5.49. The molecule has 1 aromatic heterocycles. The van der Waals surface area contributed by atoms with E-state index < -0.39 is 5.97 Å². The number of hydrogen-bond acceptors (Lipinski definition) is 5. The van der Waals surface area contributed by atoms with Crippen LogP contribution in [0.2, 0.25) is 0 Å². The van der Waals surface area contributed by atoms with Crippen molar-refractivity contribution < 1.29 is 23.5 Å². The summed E-state index contributed by atoms with van der Waals surface area (Å²) in [5.41, 5.74) is 1.25. The molecule has 2 atom stereocenters. The lowest BCUT2D eigenvalue weighted by Gasteiger charge is -2.29. The molecule has 1 aliphatic rings. The number of fused-ring (bicyclic) bond motifs is 1. The van der Waals surface area contributed by atoms with Crippen molar-refractivity contribution in [2.45, 2.75) is 45.6 Å². The standard InChI is InChI=1S/C20H25NO5/c1-12-6-4-5-7-16(12)21-18(22)11-25-20(23)19-13(2)15-10-14(24-3)8-9-17(15)26-19/h8-10,12,16H,4-7,11H2,1-3H3,(H,21,22)/t12-,16+/m1/s1. The van der Waals surface area contributed by atoms with E-state index in [1.807, 2.05) is 6.07 Å². The average Bonchev–Trinajstić information content (AvgIpc) is 2.98. The molecule has 0 radical (unpaired) electrons. The molecule has 3 rings (SSSR count). The lowest BCUT2D eigenvalue weighted by Crippen LogP contribution is -2.42. The van der Waals surface area contributed by atoms with E-state index in [9.17, 15) is 9.59 Å². The van der Waals surface area contributed by atoms with Crippen molar-refractivity contribution >= 4 is 22.8 Å². The Bertz CT molecular complexity index is 810. The molecule has 1 amide bonds. The number of rotatable bonds is 5. The number of hydrogen-bond donors (Lipinski definition) is 1. The third-order valence-electron chi connectivity index (χ3n) is 5.12. The Morgan fingerprint density at radius 1 is 1.27 bits per heavy atom. The minimum Gasteiger partial charge on any atom is -0.497 e. The fourth-order valence-electron chi connectivity index (χ4n) is 3.50. The van der Waals surface area contributed by atoms with Gasteiger partial charge in [0.05, 0.1) is 7.11 Å². The molecule has 26 heavy (non-hydrogen) atoms. The van der Waals surface area contributed by atoms with E-state index in [4.69, 9.17) is 13.9 Å². The summed E-state index contributed by atoms with van der Waals surface area (Å²) in [5, 5.41) is 3.76. The van der Waals surface area contributed by atoms with E-state index in [0.29, 0.717) is 22.8 Å². The van der Waals surface area contributed by atoms with E-state index in [-0.39, 0.29) is 24.3 Å². The molecule has 1 fully saturated rings. The summed E-state index contributed by atoms with van der Waals surface area (Å²) in [7, 11) is 1.58. The predicted octanol–water partition coefficient (Wildman–Crippen LogP) is 3.60. The zero-order chi connectivity index (χ0) is 18.7. The molecule has 1 aliphatic carbocycles. The minimum absolute atomic E-state index is 0.118. The molecule has 6 heteroatoms. The van der Waals surface area contributed by atoms with Crippen molar-refractivity contribution in [1.29, 1.82) is 0 Å². The quantitative estimate of drug-likeness (QED) is 0.825. The van der Waals surface area contributed by atoms with E-state index in [1.165, 1.54) is 6.42 Å². The summed E-state index contributed by atoms with van der Waals surface area (Å²) in [6, 6.07) is 5.48. The zero-order valence-corrected chi connectivity index (χ0v) is 15.5. The van der Waals surface area contributed by atoms with Gasteiger partial charge in [0.25, 0.3) is 5.91 Å². The second kappa shape index (κ2) is 7.81. The highest BCUT2D eigenvalue weighted by atomic mass is 16.5. The van der Waals surface area contributed by atoms with Crippen LogP contribution in [0.3, 0.4) is 0 Å². The first-order valence-corrected chi connectivity index (χ1v) is 9.03. The third-order valence-corrected chi connectivity index (χ3v) is 5.12. The number of aryl methyl sites for hydroxylation is 1. The minimum atomic E-state index is -0.635. The van der Waals surface area contributed by atoms with Crippen LogP contribution in [-0.2, 0) is 9.53 Å². The summed E-state index contributed by atoms with van der Waals surface area (Å²) in [6.07, 6.45) is 4.42. The van der Waals surface area contributed by atoms with Crippen LogP contribution in [0, 0.1) is 12.8 Å². The molecule has 0 unspecified atom stereocenters. The molecule has 1 N–H and O–H groups in total. The molecule has 140 valence electrons. The first-order valence-electron chi connectivity index (χ1n) is 9.03. The lowest BCUT2D eigenvalue weighted by atomic mass is 9.86. The van der Waals surface area contributed by atoms with Gasteiger partial charge >= 0.3 is 5.97 Å². The lowest BCUT2D eigenvalue weighted by molar-refractivity contribution is -0.125. The van der Waals surface area contributed by atoms with E-state index in [1.54, 1.807) is 26.2 Å². The van der Waals surface area contributed by atoms with Gasteiger partial charge in [0.1, 0.15) is 11.3 Å². The van der Waals surface area contributed by atoms with Gasteiger partial charge in [0, 0.05) is 17.0 Å². The van der Waals surface area contributed by atoms with Crippen molar-refractivity contribution in [2.24, 2.45) is 5.92 Å². The van der Waals surface area contributed by atoms with Crippen LogP contribution in [0.1, 0.15) is 48.7 Å². The number of methoxy groups -OCH3 is 1. The summed E-state index contributed by atoms with van der Waals surface area (Å²) < 4.78 is 16.0. The predicted molar refractivity (Wildman–Crippen MR) is 97.3 cm³/mol. The van der Waals surface area contributed by atoms with E-state index in [0.717, 1.165) is 24.6 Å². The third kappa shape index (κ3) is 3.84. The molecular weight excluding hydrogens is 334 g/mol. The molecule has 1 saturated carbocycles. The fraction of sp³-hybridized carbons (Fsp3) is 0.500. The number of carbonyl (C=O) groups excluding carboxylic acids is 2.